The van der Waals surface area contributed by atoms with Crippen molar-refractivity contribution in [1.82, 2.24) is 15.0 Å². The number of rotatable bonds is 6. The van der Waals surface area contributed by atoms with E-state index in [0.717, 1.165) is 19.3 Å². The molecule has 3 aromatic rings. The molecule has 0 bridgehead atoms. The van der Waals surface area contributed by atoms with Gasteiger partial charge < -0.3 is 15.5 Å². The van der Waals surface area contributed by atoms with Crippen molar-refractivity contribution >= 4 is 26.7 Å². The lowest BCUT2D eigenvalue weighted by atomic mass is 10.2. The summed E-state index contributed by atoms with van der Waals surface area (Å²) in [5.41, 5.74) is 6.76. The molecule has 1 atom stereocenters. The topological polar surface area (TPSA) is 111 Å². The van der Waals surface area contributed by atoms with Crippen molar-refractivity contribution in [2.45, 2.75) is 49.0 Å². The Morgan fingerprint density at radius 3 is 2.59 bits per heavy atom. The van der Waals surface area contributed by atoms with Crippen LogP contribution in [-0.4, -0.2) is 29.5 Å². The summed E-state index contributed by atoms with van der Waals surface area (Å²) in [6, 6.07) is 8.19. The second-order valence-electron chi connectivity index (χ2n) is 6.89. The number of hydrogen-bond acceptors (Lipinski definition) is 6. The molecular weight excluding hydrogens is 364 g/mol. The Balaban J connectivity index is 1.87. The molecule has 0 spiro atoms. The molecule has 0 saturated heterocycles. The van der Waals surface area contributed by atoms with Crippen LogP contribution in [0.1, 0.15) is 32.0 Å². The normalized spacial score (nSPS) is 15.8. The monoisotopic (exact) mass is 386 g/mol. The molecule has 4 rings (SSSR count). The second-order valence-corrected chi connectivity index (χ2v) is 8.77. The summed E-state index contributed by atoms with van der Waals surface area (Å²) in [6.45, 7) is 3.79. The van der Waals surface area contributed by atoms with Gasteiger partial charge in [-0.3, -0.25) is 0 Å². The standard InChI is InChI=1S/C19H22N4O3S/c1-3-14(12-9-10-12)26-19-16-15(21-11(2)22-19)17(18(20)23-16)27(24,25)13-7-5-4-6-8-13/h4-8,12,14,23H,3,9-10,20H2,1-2H3. The number of nitrogens with two attached hydrogens (primary N) is 1. The van der Waals surface area contributed by atoms with Gasteiger partial charge in [-0.1, -0.05) is 25.1 Å². The van der Waals surface area contributed by atoms with Crippen molar-refractivity contribution in [2.24, 2.45) is 5.92 Å². The predicted octanol–water partition coefficient (Wildman–Crippen LogP) is 3.25. The molecular formula is C19H22N4O3S. The van der Waals surface area contributed by atoms with Gasteiger partial charge in [-0.15, -0.1) is 0 Å². The van der Waals surface area contributed by atoms with Crippen LogP contribution in [-0.2, 0) is 9.84 Å². The lowest BCUT2D eigenvalue weighted by Gasteiger charge is -2.16. The fourth-order valence-electron chi connectivity index (χ4n) is 3.34. The third-order valence-electron chi connectivity index (χ3n) is 4.84. The number of nitrogens with one attached hydrogen (secondary N) is 1. The van der Waals surface area contributed by atoms with E-state index in [2.05, 4.69) is 21.9 Å². The van der Waals surface area contributed by atoms with E-state index in [9.17, 15) is 8.42 Å². The number of nitrogen functional groups attached to an aromatic ring is 1. The van der Waals surface area contributed by atoms with Gasteiger partial charge >= 0.3 is 0 Å². The molecule has 7 nitrogen and oxygen atoms in total. The molecule has 0 amide bonds. The SMILES string of the molecule is CCC(Oc1nc(C)nc2c(S(=O)(=O)c3ccccc3)c(N)[nH]c12)C1CC1. The Morgan fingerprint density at radius 1 is 1.26 bits per heavy atom. The maximum atomic E-state index is 13.1. The van der Waals surface area contributed by atoms with E-state index in [1.807, 2.05) is 0 Å². The number of benzene rings is 1. The Bertz CT molecular complexity index is 1090. The van der Waals surface area contributed by atoms with Crippen LogP contribution in [0.15, 0.2) is 40.1 Å². The molecule has 1 aromatic carbocycles. The van der Waals surface area contributed by atoms with E-state index < -0.39 is 9.84 Å². The first-order chi connectivity index (χ1) is 12.9. The number of aryl methyl sites for hydroxylation is 1. The molecule has 1 saturated carbocycles. The molecule has 1 aliphatic carbocycles. The van der Waals surface area contributed by atoms with Crippen molar-refractivity contribution < 1.29 is 13.2 Å². The first-order valence-electron chi connectivity index (χ1n) is 9.04. The van der Waals surface area contributed by atoms with Gasteiger partial charge in [0.05, 0.1) is 4.90 Å². The predicted molar refractivity (Wildman–Crippen MR) is 102 cm³/mol. The van der Waals surface area contributed by atoms with Crippen molar-refractivity contribution in [1.29, 1.82) is 0 Å². The number of aromatic nitrogens is 3. The first kappa shape index (κ1) is 17.8. The third kappa shape index (κ3) is 3.14. The number of anilines is 1. The van der Waals surface area contributed by atoms with Gasteiger partial charge in [-0.2, -0.15) is 4.98 Å². The quantitative estimate of drug-likeness (QED) is 0.673. The maximum Gasteiger partial charge on any atom is 0.242 e. The van der Waals surface area contributed by atoms with E-state index in [-0.39, 0.29) is 27.2 Å². The summed E-state index contributed by atoms with van der Waals surface area (Å²) in [5, 5.41) is 0. The molecule has 1 unspecified atom stereocenters. The van der Waals surface area contributed by atoms with Crippen molar-refractivity contribution in [3.05, 3.63) is 36.2 Å². The zero-order valence-electron chi connectivity index (χ0n) is 15.3. The minimum absolute atomic E-state index is 0.0291. The fourth-order valence-corrected chi connectivity index (χ4v) is 4.84. The fraction of sp³-hybridized carbons (Fsp3) is 0.368. The zero-order valence-corrected chi connectivity index (χ0v) is 16.1. The van der Waals surface area contributed by atoms with Crippen LogP contribution in [0.5, 0.6) is 5.88 Å². The summed E-state index contributed by atoms with van der Waals surface area (Å²) in [5.74, 6) is 1.36. The summed E-state index contributed by atoms with van der Waals surface area (Å²) in [7, 11) is -3.83. The number of sulfone groups is 1. The lowest BCUT2D eigenvalue weighted by molar-refractivity contribution is 0.168. The lowest BCUT2D eigenvalue weighted by Crippen LogP contribution is -2.19. The second kappa shape index (κ2) is 6.53. The van der Waals surface area contributed by atoms with Gasteiger partial charge in [0.15, 0.2) is 0 Å². The largest absolute Gasteiger partial charge is 0.472 e. The molecule has 2 heterocycles. The van der Waals surface area contributed by atoms with Crippen LogP contribution in [0, 0.1) is 12.8 Å². The Kier molecular flexibility index (Phi) is 4.30. The molecule has 0 radical (unpaired) electrons. The number of nitrogens with zero attached hydrogens (tertiary/aromatic N) is 2. The van der Waals surface area contributed by atoms with Gasteiger partial charge in [0.1, 0.15) is 33.7 Å². The van der Waals surface area contributed by atoms with Crippen LogP contribution >= 0.6 is 0 Å². The molecule has 8 heteroatoms. The summed E-state index contributed by atoms with van der Waals surface area (Å²) in [6.07, 6.45) is 3.21. The molecule has 2 aromatic heterocycles. The van der Waals surface area contributed by atoms with Crippen LogP contribution in [0.4, 0.5) is 5.82 Å². The van der Waals surface area contributed by atoms with E-state index >= 15 is 0 Å². The third-order valence-corrected chi connectivity index (χ3v) is 6.69. The van der Waals surface area contributed by atoms with Crippen molar-refractivity contribution in [3.8, 4) is 5.88 Å². The highest BCUT2D eigenvalue weighted by molar-refractivity contribution is 7.92. The van der Waals surface area contributed by atoms with Crippen LogP contribution in [0.2, 0.25) is 0 Å². The van der Waals surface area contributed by atoms with E-state index in [1.54, 1.807) is 37.3 Å². The van der Waals surface area contributed by atoms with Gasteiger partial charge in [0.25, 0.3) is 0 Å². The molecule has 3 N–H and O–H groups in total. The molecule has 142 valence electrons. The number of fused-ring (bicyclic) bond motifs is 1. The van der Waals surface area contributed by atoms with E-state index in [1.165, 1.54) is 0 Å². The Hall–Kier alpha value is -2.61. The Labute approximate surface area is 157 Å². The smallest absolute Gasteiger partial charge is 0.242 e. The van der Waals surface area contributed by atoms with Gasteiger partial charge in [0, 0.05) is 0 Å². The van der Waals surface area contributed by atoms with Crippen LogP contribution in [0.3, 0.4) is 0 Å². The summed E-state index contributed by atoms with van der Waals surface area (Å²) >= 11 is 0. The highest BCUT2D eigenvalue weighted by Gasteiger charge is 2.33. The van der Waals surface area contributed by atoms with Crippen molar-refractivity contribution in [2.75, 3.05) is 5.73 Å². The number of hydrogen-bond donors (Lipinski definition) is 2. The first-order valence-corrected chi connectivity index (χ1v) is 10.5. The molecule has 27 heavy (non-hydrogen) atoms. The average Bonchev–Trinajstić information content (AvgIpc) is 3.42. The maximum absolute atomic E-state index is 13.1. The van der Waals surface area contributed by atoms with Crippen molar-refractivity contribution in [3.63, 3.8) is 0 Å². The number of H-pyrrole nitrogens is 1. The summed E-state index contributed by atoms with van der Waals surface area (Å²) < 4.78 is 32.4. The molecule has 0 aliphatic heterocycles. The van der Waals surface area contributed by atoms with Gasteiger partial charge in [-0.05, 0) is 44.2 Å². The highest BCUT2D eigenvalue weighted by Crippen LogP contribution is 2.39. The molecule has 1 aliphatic rings. The van der Waals surface area contributed by atoms with E-state index in [0.29, 0.717) is 23.1 Å². The van der Waals surface area contributed by atoms with Crippen LogP contribution in [0.25, 0.3) is 11.0 Å². The summed E-state index contributed by atoms with van der Waals surface area (Å²) in [4.78, 5) is 11.8. The van der Waals surface area contributed by atoms with Gasteiger partial charge in [-0.25, -0.2) is 13.4 Å². The minimum atomic E-state index is -3.83. The Morgan fingerprint density at radius 2 is 1.96 bits per heavy atom. The minimum Gasteiger partial charge on any atom is -0.472 e. The number of aromatic amines is 1. The molecule has 1 fully saturated rings. The van der Waals surface area contributed by atoms with Gasteiger partial charge in [0.2, 0.25) is 15.7 Å². The highest BCUT2D eigenvalue weighted by atomic mass is 32.2. The average molecular weight is 386 g/mol. The van der Waals surface area contributed by atoms with Crippen LogP contribution < -0.4 is 10.5 Å². The van der Waals surface area contributed by atoms with E-state index in [4.69, 9.17) is 10.5 Å². The number of ether oxygens (including phenoxy) is 1. The zero-order chi connectivity index (χ0) is 19.2.